The molecule has 4 aromatic carbocycles. The molecular formula is C61H67NO12. The summed E-state index contributed by atoms with van der Waals surface area (Å²) in [6.07, 6.45) is 16.6. The van der Waals surface area contributed by atoms with Crippen LogP contribution in [0.25, 0.3) is 21.9 Å². The molecule has 0 bridgehead atoms. The van der Waals surface area contributed by atoms with Crippen LogP contribution in [0, 0.1) is 47.3 Å². The Labute approximate surface area is 433 Å². The van der Waals surface area contributed by atoms with Gasteiger partial charge in [0.15, 0.2) is 0 Å². The number of rotatable bonds is 15. The van der Waals surface area contributed by atoms with E-state index in [0.717, 1.165) is 64.2 Å². The molecule has 13 heteroatoms. The summed E-state index contributed by atoms with van der Waals surface area (Å²) in [6, 6.07) is 25.7. The number of benzene rings is 4. The van der Waals surface area contributed by atoms with Gasteiger partial charge in [0.25, 0.3) is 0 Å². The first-order valence-electron chi connectivity index (χ1n) is 27.0. The van der Waals surface area contributed by atoms with Crippen molar-refractivity contribution in [3.8, 4) is 45.6 Å². The zero-order valence-electron chi connectivity index (χ0n) is 42.5. The number of carbonyl (C=O) groups is 6. The van der Waals surface area contributed by atoms with Crippen molar-refractivity contribution < 1.29 is 57.2 Å². The van der Waals surface area contributed by atoms with E-state index in [9.17, 15) is 28.8 Å². The van der Waals surface area contributed by atoms with Gasteiger partial charge in [0.05, 0.1) is 35.5 Å². The average Bonchev–Trinajstić information content (AvgIpc) is 3.44. The molecule has 0 saturated heterocycles. The number of hydrogen-bond donors (Lipinski definition) is 0. The van der Waals surface area contributed by atoms with E-state index in [1.165, 1.54) is 0 Å². The van der Waals surface area contributed by atoms with Crippen LogP contribution in [0.5, 0.6) is 34.5 Å². The average molecular weight is 1010 g/mol. The predicted molar refractivity (Wildman–Crippen MR) is 276 cm³/mol. The number of carbonyl (C=O) groups excluding carboxylic acids is 6. The Balaban J connectivity index is 0.775. The van der Waals surface area contributed by atoms with Crippen molar-refractivity contribution in [2.24, 2.45) is 47.3 Å². The lowest BCUT2D eigenvalue weighted by molar-refractivity contribution is -0.145. The zero-order valence-corrected chi connectivity index (χ0v) is 42.5. The summed E-state index contributed by atoms with van der Waals surface area (Å²) in [5.41, 5.74) is 1.18. The molecule has 1 heterocycles. The van der Waals surface area contributed by atoms with Gasteiger partial charge in [0, 0.05) is 34.3 Å². The minimum absolute atomic E-state index is 0.0888. The minimum atomic E-state index is -0.465. The van der Waals surface area contributed by atoms with Crippen LogP contribution in [-0.4, -0.2) is 40.8 Å². The van der Waals surface area contributed by atoms with Gasteiger partial charge in [0.2, 0.25) is 0 Å². The Kier molecular flexibility index (Phi) is 17.2. The highest BCUT2D eigenvalue weighted by Crippen LogP contribution is 2.44. The zero-order chi connectivity index (χ0) is 51.6. The minimum Gasteiger partial charge on any atom is -0.426 e. The number of pyridine rings is 1. The largest absolute Gasteiger partial charge is 0.426 e. The van der Waals surface area contributed by atoms with Crippen LogP contribution < -0.4 is 28.4 Å². The van der Waals surface area contributed by atoms with Gasteiger partial charge in [-0.05, 0) is 175 Å². The van der Waals surface area contributed by atoms with Crippen LogP contribution >= 0.6 is 0 Å². The van der Waals surface area contributed by atoms with Crippen LogP contribution in [0.1, 0.15) is 129 Å². The van der Waals surface area contributed by atoms with E-state index in [0.29, 0.717) is 120 Å². The molecule has 388 valence electrons. The van der Waals surface area contributed by atoms with Crippen molar-refractivity contribution >= 4 is 46.6 Å². The van der Waals surface area contributed by atoms with Crippen LogP contribution in [0.2, 0.25) is 0 Å². The first-order valence-corrected chi connectivity index (χ1v) is 27.0. The van der Waals surface area contributed by atoms with E-state index in [4.69, 9.17) is 28.4 Å². The van der Waals surface area contributed by atoms with Crippen LogP contribution in [0.15, 0.2) is 103 Å². The van der Waals surface area contributed by atoms with Gasteiger partial charge in [0.1, 0.15) is 34.5 Å². The van der Waals surface area contributed by atoms with Crippen molar-refractivity contribution in [2.75, 3.05) is 0 Å². The SMILES string of the molecule is CCC1CCC(C(=O)Oc2ccc(OC(=O)C3CCC(C(=O)Oc4c(-c5cccnc5)cc(OC(=O)C5CCC(C(=O)Oc6ccc(OC(=O)[C@H]7CC[C@H](CC)CC7)cc6)CC5)c5ccccc45)CC3)cc2)CC1. The van der Waals surface area contributed by atoms with Gasteiger partial charge in [-0.15, -0.1) is 0 Å². The van der Waals surface area contributed by atoms with E-state index in [1.54, 1.807) is 73.1 Å². The fourth-order valence-corrected chi connectivity index (χ4v) is 11.3. The Morgan fingerprint density at radius 3 is 1.09 bits per heavy atom. The fraction of sp³-hybridized carbons (Fsp3) is 0.459. The maximum Gasteiger partial charge on any atom is 0.314 e. The molecule has 0 radical (unpaired) electrons. The number of esters is 6. The molecule has 0 spiro atoms. The highest BCUT2D eigenvalue weighted by molar-refractivity contribution is 6.02. The van der Waals surface area contributed by atoms with Crippen molar-refractivity contribution in [1.29, 1.82) is 0 Å². The lowest BCUT2D eigenvalue weighted by atomic mass is 9.81. The first kappa shape index (κ1) is 52.0. The van der Waals surface area contributed by atoms with E-state index in [-0.39, 0.29) is 35.7 Å². The Hall–Kier alpha value is -6.89. The second-order valence-corrected chi connectivity index (χ2v) is 20.9. The van der Waals surface area contributed by atoms with Crippen LogP contribution in [0.3, 0.4) is 0 Å². The molecule has 0 unspecified atom stereocenters. The van der Waals surface area contributed by atoms with E-state index in [2.05, 4.69) is 18.8 Å². The molecule has 0 atom stereocenters. The summed E-state index contributed by atoms with van der Waals surface area (Å²) in [5, 5.41) is 1.16. The normalized spacial score (nSPS) is 23.9. The van der Waals surface area contributed by atoms with Gasteiger partial charge < -0.3 is 28.4 Å². The highest BCUT2D eigenvalue weighted by atomic mass is 16.6. The van der Waals surface area contributed by atoms with Crippen molar-refractivity contribution in [3.63, 3.8) is 0 Å². The second-order valence-electron chi connectivity index (χ2n) is 20.9. The van der Waals surface area contributed by atoms with Crippen LogP contribution in [-0.2, 0) is 28.8 Å². The number of nitrogens with zero attached hydrogens (tertiary/aromatic N) is 1. The monoisotopic (exact) mass is 1010 g/mol. The van der Waals surface area contributed by atoms with Gasteiger partial charge in [-0.3, -0.25) is 33.8 Å². The van der Waals surface area contributed by atoms with E-state index < -0.39 is 35.6 Å². The van der Waals surface area contributed by atoms with Gasteiger partial charge >= 0.3 is 35.8 Å². The lowest BCUT2D eigenvalue weighted by Gasteiger charge is -2.27. The highest BCUT2D eigenvalue weighted by Gasteiger charge is 2.36. The number of aromatic nitrogens is 1. The molecule has 5 aromatic rings. The summed E-state index contributed by atoms with van der Waals surface area (Å²) in [7, 11) is 0. The summed E-state index contributed by atoms with van der Waals surface area (Å²) >= 11 is 0. The summed E-state index contributed by atoms with van der Waals surface area (Å²) in [6.45, 7) is 4.38. The van der Waals surface area contributed by atoms with Crippen LogP contribution in [0.4, 0.5) is 0 Å². The van der Waals surface area contributed by atoms with Gasteiger partial charge in [-0.1, -0.05) is 57.0 Å². The summed E-state index contributed by atoms with van der Waals surface area (Å²) < 4.78 is 35.3. The first-order chi connectivity index (χ1) is 36.0. The van der Waals surface area contributed by atoms with Crippen molar-refractivity contribution in [2.45, 2.75) is 129 Å². The molecule has 4 aliphatic rings. The van der Waals surface area contributed by atoms with E-state index >= 15 is 0 Å². The molecule has 0 aliphatic heterocycles. The van der Waals surface area contributed by atoms with E-state index in [1.807, 2.05) is 30.3 Å². The predicted octanol–water partition coefficient (Wildman–Crippen LogP) is 12.8. The molecule has 13 nitrogen and oxygen atoms in total. The number of fused-ring (bicyclic) bond motifs is 1. The maximum absolute atomic E-state index is 14.0. The number of hydrogen-bond acceptors (Lipinski definition) is 13. The second kappa shape index (κ2) is 24.4. The Morgan fingerprint density at radius 2 is 0.743 bits per heavy atom. The standard InChI is InChI=1S/C61H67NO12/c1-3-38-11-15-40(16-12-38)56(63)69-47-27-31-49(32-28-47)71-58(65)42-19-23-44(24-20-42)60(67)73-54-36-53(46-8-7-35-62-37-46)55(52-10-6-5-9-51(52)54)74-61(68)45-25-21-43(22-26-45)59(66)72-50-33-29-48(30-34-50)70-57(64)41-17-13-39(4-2)14-18-41/h5-10,27-45H,3-4,11-26H2,1-2H3/t38-,39?,40-,41?,42?,43?,44?,45?. The van der Waals surface area contributed by atoms with Crippen molar-refractivity contribution in [1.82, 2.24) is 4.98 Å². The molecule has 4 fully saturated rings. The molecule has 1 aromatic heterocycles. The number of ether oxygens (including phenoxy) is 6. The lowest BCUT2D eigenvalue weighted by Crippen LogP contribution is -2.30. The van der Waals surface area contributed by atoms with Gasteiger partial charge in [-0.2, -0.15) is 0 Å². The molecule has 0 amide bonds. The molecule has 4 saturated carbocycles. The molecule has 0 N–H and O–H groups in total. The smallest absolute Gasteiger partial charge is 0.314 e. The van der Waals surface area contributed by atoms with Gasteiger partial charge in [-0.25, -0.2) is 0 Å². The molecule has 4 aliphatic carbocycles. The summed E-state index contributed by atoms with van der Waals surface area (Å²) in [4.78, 5) is 84.4. The third-order valence-corrected chi connectivity index (χ3v) is 16.2. The summed E-state index contributed by atoms with van der Waals surface area (Å²) in [5.74, 6) is -0.373. The topological polar surface area (TPSA) is 171 Å². The van der Waals surface area contributed by atoms with Crippen molar-refractivity contribution in [3.05, 3.63) is 103 Å². The molecular weight excluding hydrogens is 939 g/mol. The Morgan fingerprint density at radius 1 is 0.405 bits per heavy atom. The maximum atomic E-state index is 14.0. The molecule has 74 heavy (non-hydrogen) atoms. The third-order valence-electron chi connectivity index (χ3n) is 16.2. The quantitative estimate of drug-likeness (QED) is 0.0717. The fourth-order valence-electron chi connectivity index (χ4n) is 11.3. The Bertz CT molecular complexity index is 2760. The third kappa shape index (κ3) is 12.9. The molecule has 9 rings (SSSR count).